The number of carboxylic acid groups (broad SMARTS) is 1. The minimum absolute atomic E-state index is 0.0744. The third kappa shape index (κ3) is 3.25. The number of benzene rings is 1. The average Bonchev–Trinajstić information content (AvgIpc) is 2.43. The van der Waals surface area contributed by atoms with Crippen molar-refractivity contribution in [2.45, 2.75) is 18.8 Å². The van der Waals surface area contributed by atoms with Gasteiger partial charge in [0.25, 0.3) is 0 Å². The number of carbonyl (C=O) groups is 2. The van der Waals surface area contributed by atoms with E-state index in [1.165, 1.54) is 0 Å². The normalized spacial score (nSPS) is 17.9. The molecule has 2 aliphatic rings. The molecule has 1 aromatic rings. The van der Waals surface area contributed by atoms with E-state index in [0.717, 1.165) is 5.56 Å². The van der Waals surface area contributed by atoms with Gasteiger partial charge in [-0.05, 0) is 24.4 Å². The van der Waals surface area contributed by atoms with Gasteiger partial charge in [-0.1, -0.05) is 6.07 Å². The Labute approximate surface area is 132 Å². The molecule has 1 amide bonds. The van der Waals surface area contributed by atoms with Gasteiger partial charge in [0, 0.05) is 13.1 Å². The Hall–Kier alpha value is -2.26. The molecule has 0 radical (unpaired) electrons. The summed E-state index contributed by atoms with van der Waals surface area (Å²) in [5, 5.41) is 19.1. The van der Waals surface area contributed by atoms with E-state index in [9.17, 15) is 19.7 Å². The van der Waals surface area contributed by atoms with Crippen LogP contribution < -0.4 is 15.1 Å². The van der Waals surface area contributed by atoms with E-state index in [-0.39, 0.29) is 29.7 Å². The van der Waals surface area contributed by atoms with Crippen molar-refractivity contribution in [2.75, 3.05) is 19.6 Å². The van der Waals surface area contributed by atoms with Crippen molar-refractivity contribution in [2.24, 2.45) is 5.73 Å². The maximum atomic E-state index is 11.6. The van der Waals surface area contributed by atoms with E-state index in [0.29, 0.717) is 25.8 Å². The molecule has 0 atom stereocenters. The summed E-state index contributed by atoms with van der Waals surface area (Å²) in [5.41, 5.74) is 5.78. The van der Waals surface area contributed by atoms with Gasteiger partial charge in [-0.3, -0.25) is 9.69 Å². The Bertz CT molecular complexity index is 646. The summed E-state index contributed by atoms with van der Waals surface area (Å²) in [4.78, 5) is 24.2. The van der Waals surface area contributed by atoms with Gasteiger partial charge < -0.3 is 25.3 Å². The highest BCUT2D eigenvalue weighted by molar-refractivity contribution is 6.44. The second kappa shape index (κ2) is 6.09. The van der Waals surface area contributed by atoms with E-state index in [2.05, 4.69) is 0 Å². The molecule has 0 aromatic heterocycles. The predicted octanol–water partition coefficient (Wildman–Crippen LogP) is -0.651. The van der Waals surface area contributed by atoms with Gasteiger partial charge in [0.15, 0.2) is 0 Å². The number of carbonyl (C=O) groups excluding carboxylic acids is 1. The molecule has 0 bridgehead atoms. The van der Waals surface area contributed by atoms with Crippen LogP contribution in [0.4, 0.5) is 0 Å². The summed E-state index contributed by atoms with van der Waals surface area (Å²) in [6.45, 7) is 1.16. The lowest BCUT2D eigenvalue weighted by atomic mass is 9.78. The van der Waals surface area contributed by atoms with Crippen LogP contribution in [0.3, 0.4) is 0 Å². The van der Waals surface area contributed by atoms with Crippen molar-refractivity contribution in [1.82, 2.24) is 4.90 Å². The molecule has 1 saturated heterocycles. The quantitative estimate of drug-likeness (QED) is 0.616. The first kappa shape index (κ1) is 15.6. The van der Waals surface area contributed by atoms with Gasteiger partial charge in [-0.25, -0.2) is 4.79 Å². The monoisotopic (exact) mass is 320 g/mol. The van der Waals surface area contributed by atoms with Crippen molar-refractivity contribution in [3.8, 4) is 11.5 Å². The number of fused-ring (bicyclic) bond motifs is 1. The molecular formula is C14H17BN2O6. The van der Waals surface area contributed by atoms with E-state index < -0.39 is 19.0 Å². The molecule has 9 heteroatoms. The highest BCUT2D eigenvalue weighted by Gasteiger charge is 2.33. The topological polar surface area (TPSA) is 122 Å². The third-order valence-electron chi connectivity index (χ3n) is 3.93. The standard InChI is InChI=1S/C14H17BN2O6/c16-11(18)7-17-5-9(6-17)22-10-2-1-8-3-4-15(21)23-13(8)12(10)14(19)20/h1-2,9,21H,3-7H2,(H2,16,18)(H,19,20). The molecule has 122 valence electrons. The van der Waals surface area contributed by atoms with E-state index >= 15 is 0 Å². The first-order valence-electron chi connectivity index (χ1n) is 7.35. The first-order chi connectivity index (χ1) is 10.9. The number of nitrogens with two attached hydrogens (primary N) is 1. The van der Waals surface area contributed by atoms with Crippen LogP contribution in [0.5, 0.6) is 11.5 Å². The molecule has 0 spiro atoms. The molecule has 2 heterocycles. The summed E-state index contributed by atoms with van der Waals surface area (Å²) in [7, 11) is -1.01. The van der Waals surface area contributed by atoms with E-state index in [1.54, 1.807) is 12.1 Å². The van der Waals surface area contributed by atoms with Crippen molar-refractivity contribution in [3.05, 3.63) is 23.3 Å². The number of aryl methyl sites for hydroxylation is 1. The van der Waals surface area contributed by atoms with Crippen molar-refractivity contribution < 1.29 is 29.1 Å². The van der Waals surface area contributed by atoms with Gasteiger partial charge in [-0.15, -0.1) is 0 Å². The Morgan fingerprint density at radius 1 is 1.43 bits per heavy atom. The lowest BCUT2D eigenvalue weighted by Crippen LogP contribution is -2.56. The van der Waals surface area contributed by atoms with Crippen LogP contribution in [0, 0.1) is 0 Å². The van der Waals surface area contributed by atoms with Crippen LogP contribution in [-0.4, -0.2) is 59.8 Å². The van der Waals surface area contributed by atoms with Crippen LogP contribution in [0.2, 0.25) is 6.32 Å². The largest absolute Gasteiger partial charge is 0.535 e. The second-order valence-electron chi connectivity index (χ2n) is 5.74. The Balaban J connectivity index is 1.77. The lowest BCUT2D eigenvalue weighted by Gasteiger charge is -2.38. The van der Waals surface area contributed by atoms with Crippen molar-refractivity contribution in [3.63, 3.8) is 0 Å². The number of amides is 1. The lowest BCUT2D eigenvalue weighted by molar-refractivity contribution is -0.121. The predicted molar refractivity (Wildman–Crippen MR) is 80.6 cm³/mol. The summed E-state index contributed by atoms with van der Waals surface area (Å²) in [6.07, 6.45) is 0.767. The molecule has 0 unspecified atom stereocenters. The zero-order valence-corrected chi connectivity index (χ0v) is 12.4. The Morgan fingerprint density at radius 3 is 2.83 bits per heavy atom. The van der Waals surface area contributed by atoms with E-state index in [1.807, 2.05) is 4.90 Å². The smallest absolute Gasteiger partial charge is 0.522 e. The van der Waals surface area contributed by atoms with Crippen LogP contribution >= 0.6 is 0 Å². The highest BCUT2D eigenvalue weighted by Crippen LogP contribution is 2.37. The maximum Gasteiger partial charge on any atom is 0.522 e. The molecule has 3 rings (SSSR count). The molecule has 1 aromatic carbocycles. The average molecular weight is 320 g/mol. The molecule has 8 nitrogen and oxygen atoms in total. The van der Waals surface area contributed by atoms with Crippen LogP contribution in [0.1, 0.15) is 15.9 Å². The van der Waals surface area contributed by atoms with Crippen LogP contribution in [0.25, 0.3) is 0 Å². The Kier molecular flexibility index (Phi) is 4.14. The maximum absolute atomic E-state index is 11.6. The molecule has 1 fully saturated rings. The zero-order valence-electron chi connectivity index (χ0n) is 12.4. The molecule has 4 N–H and O–H groups in total. The fourth-order valence-electron chi connectivity index (χ4n) is 2.84. The van der Waals surface area contributed by atoms with Crippen LogP contribution in [-0.2, 0) is 11.2 Å². The number of likely N-dealkylation sites (tertiary alicyclic amines) is 1. The molecule has 23 heavy (non-hydrogen) atoms. The summed E-state index contributed by atoms with van der Waals surface area (Å²) in [5.74, 6) is -1.21. The summed E-state index contributed by atoms with van der Waals surface area (Å²) < 4.78 is 11.0. The van der Waals surface area contributed by atoms with Crippen molar-refractivity contribution in [1.29, 1.82) is 0 Å². The van der Waals surface area contributed by atoms with Gasteiger partial charge in [0.2, 0.25) is 5.91 Å². The number of primary amides is 1. The molecule has 0 aliphatic carbocycles. The summed E-state index contributed by atoms with van der Waals surface area (Å²) >= 11 is 0. The summed E-state index contributed by atoms with van der Waals surface area (Å²) in [6, 6.07) is 3.36. The van der Waals surface area contributed by atoms with Gasteiger partial charge in [-0.2, -0.15) is 0 Å². The van der Waals surface area contributed by atoms with Gasteiger partial charge in [0.1, 0.15) is 23.2 Å². The van der Waals surface area contributed by atoms with Gasteiger partial charge >= 0.3 is 13.1 Å². The Morgan fingerprint density at radius 2 is 2.17 bits per heavy atom. The number of carboxylic acids is 1. The number of aromatic carboxylic acids is 1. The van der Waals surface area contributed by atoms with E-state index in [4.69, 9.17) is 15.1 Å². The molecule has 2 aliphatic heterocycles. The van der Waals surface area contributed by atoms with Gasteiger partial charge in [0.05, 0.1) is 6.54 Å². The minimum Gasteiger partial charge on any atom is -0.535 e. The van der Waals surface area contributed by atoms with Crippen LogP contribution in [0.15, 0.2) is 12.1 Å². The number of hydrogen-bond acceptors (Lipinski definition) is 6. The fourth-order valence-corrected chi connectivity index (χ4v) is 2.84. The third-order valence-corrected chi connectivity index (χ3v) is 3.93. The number of hydrogen-bond donors (Lipinski definition) is 3. The number of nitrogens with zero attached hydrogens (tertiary/aromatic N) is 1. The molecule has 0 saturated carbocycles. The second-order valence-corrected chi connectivity index (χ2v) is 5.74. The fraction of sp³-hybridized carbons (Fsp3) is 0.429. The number of ether oxygens (including phenoxy) is 1. The highest BCUT2D eigenvalue weighted by atomic mass is 16.5. The minimum atomic E-state index is -1.17. The first-order valence-corrected chi connectivity index (χ1v) is 7.35. The van der Waals surface area contributed by atoms with Crippen molar-refractivity contribution >= 4 is 19.0 Å². The molecular weight excluding hydrogens is 303 g/mol. The zero-order chi connectivity index (χ0) is 16.6. The number of rotatable bonds is 5. The SMILES string of the molecule is NC(=O)CN1CC(Oc2ccc3c(c2C(=O)O)OB(O)CC3)C1.